The van der Waals surface area contributed by atoms with Gasteiger partial charge in [0.05, 0.1) is 16.5 Å². The zero-order valence-electron chi connectivity index (χ0n) is 16.8. The molecule has 0 unspecified atom stereocenters. The molecule has 0 aliphatic rings. The number of halogens is 1. The van der Waals surface area contributed by atoms with Crippen LogP contribution in [-0.4, -0.2) is 45.4 Å². The van der Waals surface area contributed by atoms with Crippen LogP contribution in [0.25, 0.3) is 10.4 Å². The van der Waals surface area contributed by atoms with Gasteiger partial charge in [-0.2, -0.15) is 0 Å². The van der Waals surface area contributed by atoms with Gasteiger partial charge in [0.15, 0.2) is 17.2 Å². The van der Waals surface area contributed by atoms with Gasteiger partial charge in [-0.1, -0.05) is 12.1 Å². The highest BCUT2D eigenvalue weighted by molar-refractivity contribution is 9.10. The first-order chi connectivity index (χ1) is 13.0. The number of esters is 2. The van der Waals surface area contributed by atoms with Crippen molar-refractivity contribution in [1.29, 1.82) is 0 Å². The normalized spacial score (nSPS) is 11.1. The molecule has 0 aliphatic heterocycles. The molecule has 0 spiro atoms. The second-order valence-electron chi connectivity index (χ2n) is 7.21. The lowest BCUT2D eigenvalue weighted by Crippen LogP contribution is -2.27. The van der Waals surface area contributed by atoms with Gasteiger partial charge < -0.3 is 19.1 Å². The minimum atomic E-state index is -0.614. The maximum absolute atomic E-state index is 12.2. The van der Waals surface area contributed by atoms with E-state index < -0.39 is 17.5 Å². The van der Waals surface area contributed by atoms with E-state index in [9.17, 15) is 9.59 Å². The van der Waals surface area contributed by atoms with E-state index in [1.54, 1.807) is 20.8 Å². The molecule has 1 aromatic heterocycles. The molecule has 0 atom stereocenters. The zero-order valence-corrected chi connectivity index (χ0v) is 19.2. The molecule has 0 radical (unpaired) electrons. The van der Waals surface area contributed by atoms with Crippen molar-refractivity contribution < 1.29 is 23.8 Å². The Hall–Kier alpha value is -2.06. The fourth-order valence-corrected chi connectivity index (χ4v) is 4.33. The second-order valence-corrected chi connectivity index (χ2v) is 9.03. The third-order valence-electron chi connectivity index (χ3n) is 3.58. The first kappa shape index (κ1) is 22.2. The van der Waals surface area contributed by atoms with Crippen LogP contribution < -0.4 is 9.64 Å². The number of hydrogen-bond donors (Lipinski definition) is 0. The Bertz CT molecular complexity index is 853. The molecule has 2 rings (SSSR count). The molecule has 1 heterocycles. The molecule has 0 aliphatic carbocycles. The maximum atomic E-state index is 12.2. The van der Waals surface area contributed by atoms with Crippen molar-refractivity contribution in [1.82, 2.24) is 0 Å². The number of hydrogen-bond acceptors (Lipinski definition) is 7. The molecular weight excluding hydrogens is 446 g/mol. The largest absolute Gasteiger partial charge is 0.479 e. The Morgan fingerprint density at radius 2 is 1.75 bits per heavy atom. The van der Waals surface area contributed by atoms with E-state index in [0.29, 0.717) is 4.47 Å². The zero-order chi connectivity index (χ0) is 21.1. The number of carbonyl (C=O) groups excluding carboxylic acids is 2. The number of methoxy groups -OCH3 is 1. The number of thiophene rings is 1. The number of rotatable bonds is 6. The van der Waals surface area contributed by atoms with Gasteiger partial charge in [0.25, 0.3) is 0 Å². The van der Waals surface area contributed by atoms with Crippen molar-refractivity contribution in [3.63, 3.8) is 0 Å². The van der Waals surface area contributed by atoms with E-state index in [2.05, 4.69) is 15.9 Å². The van der Waals surface area contributed by atoms with Gasteiger partial charge in [0.1, 0.15) is 5.60 Å². The molecule has 0 N–H and O–H groups in total. The predicted octanol–water partition coefficient (Wildman–Crippen LogP) is 4.75. The summed E-state index contributed by atoms with van der Waals surface area (Å²) < 4.78 is 16.4. The minimum absolute atomic E-state index is 0.273. The Morgan fingerprint density at radius 3 is 2.25 bits per heavy atom. The number of carbonyl (C=O) groups is 2. The van der Waals surface area contributed by atoms with Gasteiger partial charge in [-0.05, 0) is 54.4 Å². The highest BCUT2D eigenvalue weighted by Crippen LogP contribution is 2.46. The number of benzene rings is 1. The third-order valence-corrected chi connectivity index (χ3v) is 5.80. The van der Waals surface area contributed by atoms with Crippen molar-refractivity contribution >= 4 is 44.9 Å². The standard InChI is InChI=1S/C20H24BrNO5S/c1-20(2,3)27-14(23)11-26-16-15(21)17(28-18(16)19(24)25-6)12-7-9-13(10-8-12)22(4)5/h7-10H,11H2,1-6H3. The van der Waals surface area contributed by atoms with Gasteiger partial charge in [0.2, 0.25) is 0 Å². The summed E-state index contributed by atoms with van der Waals surface area (Å²) in [7, 11) is 5.24. The SMILES string of the molecule is COC(=O)c1sc(-c2ccc(N(C)C)cc2)c(Br)c1OCC(=O)OC(C)(C)C. The summed E-state index contributed by atoms with van der Waals surface area (Å²) in [5.74, 6) is -0.770. The van der Waals surface area contributed by atoms with Gasteiger partial charge in [0, 0.05) is 19.8 Å². The lowest BCUT2D eigenvalue weighted by atomic mass is 10.1. The average Bonchev–Trinajstić information content (AvgIpc) is 2.94. The summed E-state index contributed by atoms with van der Waals surface area (Å²) in [6.07, 6.45) is 0. The van der Waals surface area contributed by atoms with Crippen molar-refractivity contribution in [2.45, 2.75) is 26.4 Å². The van der Waals surface area contributed by atoms with E-state index in [1.165, 1.54) is 18.4 Å². The average molecular weight is 470 g/mol. The maximum Gasteiger partial charge on any atom is 0.351 e. The summed E-state index contributed by atoms with van der Waals surface area (Å²) in [6, 6.07) is 7.90. The Labute approximate surface area is 177 Å². The monoisotopic (exact) mass is 469 g/mol. The minimum Gasteiger partial charge on any atom is -0.479 e. The Morgan fingerprint density at radius 1 is 1.14 bits per heavy atom. The third kappa shape index (κ3) is 5.48. The fraction of sp³-hybridized carbons (Fsp3) is 0.400. The van der Waals surface area contributed by atoms with Crippen LogP contribution in [0.1, 0.15) is 30.4 Å². The van der Waals surface area contributed by atoms with Gasteiger partial charge >= 0.3 is 11.9 Å². The quantitative estimate of drug-likeness (QED) is 0.568. The molecule has 0 amide bonds. The fourth-order valence-electron chi connectivity index (χ4n) is 2.35. The predicted molar refractivity (Wildman–Crippen MR) is 114 cm³/mol. The summed E-state index contributed by atoms with van der Waals surface area (Å²) >= 11 is 4.75. The number of nitrogens with zero attached hydrogens (tertiary/aromatic N) is 1. The first-order valence-electron chi connectivity index (χ1n) is 8.56. The highest BCUT2D eigenvalue weighted by Gasteiger charge is 2.26. The smallest absolute Gasteiger partial charge is 0.351 e. The molecule has 2 aromatic rings. The molecule has 0 bridgehead atoms. The number of ether oxygens (including phenoxy) is 3. The van der Waals surface area contributed by atoms with Crippen molar-refractivity contribution in [3.8, 4) is 16.2 Å². The molecule has 6 nitrogen and oxygen atoms in total. The summed E-state index contributed by atoms with van der Waals surface area (Å²) in [4.78, 5) is 27.3. The summed E-state index contributed by atoms with van der Waals surface area (Å²) in [5, 5.41) is 0. The van der Waals surface area contributed by atoms with Crippen LogP contribution in [0.5, 0.6) is 5.75 Å². The summed E-state index contributed by atoms with van der Waals surface area (Å²) in [5.41, 5.74) is 1.36. The highest BCUT2D eigenvalue weighted by atomic mass is 79.9. The molecule has 8 heteroatoms. The molecule has 0 saturated heterocycles. The Kier molecular flexibility index (Phi) is 7.11. The van der Waals surface area contributed by atoms with E-state index in [-0.39, 0.29) is 17.2 Å². The van der Waals surface area contributed by atoms with Crippen molar-refractivity contribution in [3.05, 3.63) is 33.6 Å². The van der Waals surface area contributed by atoms with Crippen LogP contribution in [0.3, 0.4) is 0 Å². The topological polar surface area (TPSA) is 65.1 Å². The van der Waals surface area contributed by atoms with Crippen LogP contribution in [0, 0.1) is 0 Å². The van der Waals surface area contributed by atoms with Gasteiger partial charge in [-0.15, -0.1) is 11.3 Å². The molecule has 0 saturated carbocycles. The van der Waals surface area contributed by atoms with Crippen LogP contribution in [0.15, 0.2) is 28.7 Å². The van der Waals surface area contributed by atoms with Crippen LogP contribution in [0.2, 0.25) is 0 Å². The van der Waals surface area contributed by atoms with Crippen molar-refractivity contribution in [2.75, 3.05) is 32.7 Å². The molecule has 152 valence electrons. The van der Waals surface area contributed by atoms with E-state index in [0.717, 1.165) is 16.1 Å². The van der Waals surface area contributed by atoms with Crippen LogP contribution in [0.4, 0.5) is 5.69 Å². The lowest BCUT2D eigenvalue weighted by Gasteiger charge is -2.19. The van der Waals surface area contributed by atoms with E-state index in [4.69, 9.17) is 14.2 Å². The van der Waals surface area contributed by atoms with Crippen LogP contribution >= 0.6 is 27.3 Å². The molecule has 1 aromatic carbocycles. The van der Waals surface area contributed by atoms with Gasteiger partial charge in [-0.25, -0.2) is 9.59 Å². The lowest BCUT2D eigenvalue weighted by molar-refractivity contribution is -0.157. The Balaban J connectivity index is 2.34. The molecule has 0 fully saturated rings. The summed E-state index contributed by atoms with van der Waals surface area (Å²) in [6.45, 7) is 5.03. The van der Waals surface area contributed by atoms with Crippen molar-refractivity contribution in [2.24, 2.45) is 0 Å². The molecule has 28 heavy (non-hydrogen) atoms. The van der Waals surface area contributed by atoms with E-state index >= 15 is 0 Å². The van der Waals surface area contributed by atoms with Gasteiger partial charge in [-0.3, -0.25) is 0 Å². The second kappa shape index (κ2) is 8.96. The van der Waals surface area contributed by atoms with E-state index in [1.807, 2.05) is 43.3 Å². The molecular formula is C20H24BrNO5S. The van der Waals surface area contributed by atoms with Crippen LogP contribution in [-0.2, 0) is 14.3 Å². The number of anilines is 1. The first-order valence-corrected chi connectivity index (χ1v) is 10.2.